The number of hydrogen-bond donors (Lipinski definition) is 1. The smallest absolute Gasteiger partial charge is 0.341 e. The van der Waals surface area contributed by atoms with Gasteiger partial charge in [-0.3, -0.25) is 0 Å². The maximum atomic E-state index is 11.1. The Labute approximate surface area is 131 Å². The second-order valence-electron chi connectivity index (χ2n) is 3.57. The first-order valence-corrected chi connectivity index (χ1v) is 6.87. The van der Waals surface area contributed by atoms with Crippen LogP contribution in [0.3, 0.4) is 0 Å². The molecule has 0 bridgehead atoms. The van der Waals surface area contributed by atoms with E-state index in [1.54, 1.807) is 12.1 Å². The van der Waals surface area contributed by atoms with E-state index in [4.69, 9.17) is 14.6 Å². The van der Waals surface area contributed by atoms with E-state index < -0.39 is 5.97 Å². The number of aromatic carboxylic acids is 1. The third-order valence-corrected chi connectivity index (χ3v) is 3.57. The zero-order valence-electron chi connectivity index (χ0n) is 10.1. The van der Waals surface area contributed by atoms with Gasteiger partial charge in [0.05, 0.1) is 22.3 Å². The lowest BCUT2D eigenvalue weighted by Gasteiger charge is -2.11. The summed E-state index contributed by atoms with van der Waals surface area (Å²) in [5.41, 5.74) is -0.0705. The van der Waals surface area contributed by atoms with E-state index in [-0.39, 0.29) is 11.4 Å². The van der Waals surface area contributed by atoms with Crippen molar-refractivity contribution in [3.8, 4) is 17.4 Å². The summed E-state index contributed by atoms with van der Waals surface area (Å²) in [5, 5.41) is 16.4. The molecule has 104 valence electrons. The average Bonchev–Trinajstić information content (AvgIpc) is 2.42. The van der Waals surface area contributed by atoms with Gasteiger partial charge in [0.15, 0.2) is 0 Å². The van der Waals surface area contributed by atoms with Crippen molar-refractivity contribution >= 4 is 37.8 Å². The molecule has 1 N–H and O–H groups in total. The number of hydrogen-bond acceptors (Lipinski definition) is 5. The Morgan fingerprint density at radius 1 is 1.25 bits per heavy atom. The second-order valence-corrected chi connectivity index (χ2v) is 5.28. The van der Waals surface area contributed by atoms with Gasteiger partial charge in [-0.2, -0.15) is 5.10 Å². The maximum Gasteiger partial charge on any atom is 0.341 e. The molecule has 0 aliphatic carbocycles. The van der Waals surface area contributed by atoms with Crippen molar-refractivity contribution in [3.05, 3.63) is 38.9 Å². The minimum Gasteiger partial charge on any atom is -0.496 e. The topological polar surface area (TPSA) is 81.5 Å². The van der Waals surface area contributed by atoms with Crippen LogP contribution in [0.2, 0.25) is 0 Å². The van der Waals surface area contributed by atoms with Gasteiger partial charge in [0.2, 0.25) is 0 Å². The normalized spacial score (nSPS) is 10.2. The number of aromatic nitrogens is 2. The van der Waals surface area contributed by atoms with Crippen molar-refractivity contribution in [1.29, 1.82) is 0 Å². The van der Waals surface area contributed by atoms with Gasteiger partial charge >= 0.3 is 5.97 Å². The van der Waals surface area contributed by atoms with Gasteiger partial charge in [-0.05, 0) is 50.1 Å². The molecule has 1 aromatic carbocycles. The van der Waals surface area contributed by atoms with E-state index in [1.807, 2.05) is 0 Å². The summed E-state index contributed by atoms with van der Waals surface area (Å²) in [6.45, 7) is 0. The molecule has 0 atom stereocenters. The lowest BCUT2D eigenvalue weighted by Crippen LogP contribution is -2.03. The summed E-state index contributed by atoms with van der Waals surface area (Å²) < 4.78 is 11.9. The summed E-state index contributed by atoms with van der Waals surface area (Å²) in [6, 6.07) is 4.65. The van der Waals surface area contributed by atoms with E-state index in [0.29, 0.717) is 20.4 Å². The first kappa shape index (κ1) is 14.7. The maximum absolute atomic E-state index is 11.1. The van der Waals surface area contributed by atoms with Crippen LogP contribution in [-0.2, 0) is 0 Å². The molecular weight excluding hydrogens is 396 g/mol. The third kappa shape index (κ3) is 3.07. The molecule has 0 amide bonds. The van der Waals surface area contributed by atoms with Gasteiger partial charge in [0.25, 0.3) is 5.88 Å². The number of carboxylic acids is 1. The van der Waals surface area contributed by atoms with Crippen LogP contribution in [-0.4, -0.2) is 28.4 Å². The summed E-state index contributed by atoms with van der Waals surface area (Å²) in [5.74, 6) is -0.223. The van der Waals surface area contributed by atoms with Crippen LogP contribution < -0.4 is 9.47 Å². The average molecular weight is 404 g/mol. The van der Waals surface area contributed by atoms with E-state index in [9.17, 15) is 4.79 Å². The SMILES string of the molecule is COc1cc(Br)c(Oc2nnccc2C(=O)O)cc1Br. The highest BCUT2D eigenvalue weighted by Crippen LogP contribution is 2.38. The largest absolute Gasteiger partial charge is 0.496 e. The van der Waals surface area contributed by atoms with Gasteiger partial charge in [0, 0.05) is 0 Å². The summed E-state index contributed by atoms with van der Waals surface area (Å²) in [6.07, 6.45) is 1.29. The molecule has 2 rings (SSSR count). The van der Waals surface area contributed by atoms with E-state index >= 15 is 0 Å². The standard InChI is InChI=1S/C12H8Br2N2O4/c1-19-9-4-8(14)10(5-7(9)13)20-11-6(12(17)18)2-3-15-16-11/h2-5H,1H3,(H,17,18). The molecule has 1 heterocycles. The molecular formula is C12H8Br2N2O4. The highest BCUT2D eigenvalue weighted by molar-refractivity contribution is 9.11. The molecule has 6 nitrogen and oxygen atoms in total. The zero-order valence-corrected chi connectivity index (χ0v) is 13.3. The van der Waals surface area contributed by atoms with Gasteiger partial charge in [-0.25, -0.2) is 4.79 Å². The molecule has 1 aromatic heterocycles. The molecule has 0 spiro atoms. The molecule has 8 heteroatoms. The Balaban J connectivity index is 2.40. The predicted octanol–water partition coefficient (Wildman–Crippen LogP) is 3.50. The van der Waals surface area contributed by atoms with Crippen molar-refractivity contribution in [2.24, 2.45) is 0 Å². The Kier molecular flexibility index (Phi) is 4.56. The number of benzene rings is 1. The molecule has 2 aromatic rings. The first-order valence-electron chi connectivity index (χ1n) is 5.28. The second kappa shape index (κ2) is 6.19. The summed E-state index contributed by atoms with van der Waals surface area (Å²) in [4.78, 5) is 11.1. The highest BCUT2D eigenvalue weighted by Gasteiger charge is 2.16. The Morgan fingerprint density at radius 3 is 2.55 bits per heavy atom. The molecule has 0 fully saturated rings. The van der Waals surface area contributed by atoms with Crippen LogP contribution >= 0.6 is 31.9 Å². The Hall–Kier alpha value is -1.67. The summed E-state index contributed by atoms with van der Waals surface area (Å²) in [7, 11) is 1.54. The van der Waals surface area contributed by atoms with Crippen LogP contribution in [0.1, 0.15) is 10.4 Å². The van der Waals surface area contributed by atoms with Crippen LogP contribution in [0.25, 0.3) is 0 Å². The minimum atomic E-state index is -1.14. The number of halogens is 2. The number of nitrogens with zero attached hydrogens (tertiary/aromatic N) is 2. The quantitative estimate of drug-likeness (QED) is 0.841. The van der Waals surface area contributed by atoms with Crippen LogP contribution in [0.5, 0.6) is 17.4 Å². The molecule has 20 heavy (non-hydrogen) atoms. The fourth-order valence-electron chi connectivity index (χ4n) is 1.41. The fourth-order valence-corrected chi connectivity index (χ4v) is 2.29. The molecule has 0 radical (unpaired) electrons. The summed E-state index contributed by atoms with van der Waals surface area (Å²) >= 11 is 6.64. The molecule has 0 aliphatic rings. The predicted molar refractivity (Wildman–Crippen MR) is 77.5 cm³/mol. The lowest BCUT2D eigenvalue weighted by atomic mass is 10.3. The van der Waals surface area contributed by atoms with Gasteiger partial charge in [-0.1, -0.05) is 0 Å². The number of rotatable bonds is 4. The lowest BCUT2D eigenvalue weighted by molar-refractivity contribution is 0.0693. The number of carbonyl (C=O) groups is 1. The fraction of sp³-hybridized carbons (Fsp3) is 0.0833. The molecule has 0 saturated heterocycles. The van der Waals surface area contributed by atoms with Crippen molar-refractivity contribution in [2.45, 2.75) is 0 Å². The van der Waals surface area contributed by atoms with Crippen LogP contribution in [0.15, 0.2) is 33.3 Å². The van der Waals surface area contributed by atoms with Crippen LogP contribution in [0, 0.1) is 0 Å². The zero-order chi connectivity index (χ0) is 14.7. The number of carboxylic acid groups (broad SMARTS) is 1. The van der Waals surface area contributed by atoms with E-state index in [0.717, 1.165) is 0 Å². The van der Waals surface area contributed by atoms with Crippen molar-refractivity contribution in [2.75, 3.05) is 7.11 Å². The van der Waals surface area contributed by atoms with Gasteiger partial charge < -0.3 is 14.6 Å². The third-order valence-electron chi connectivity index (χ3n) is 2.33. The molecule has 0 unspecified atom stereocenters. The first-order chi connectivity index (χ1) is 9.52. The highest BCUT2D eigenvalue weighted by atomic mass is 79.9. The number of methoxy groups -OCH3 is 1. The monoisotopic (exact) mass is 402 g/mol. The van der Waals surface area contributed by atoms with Gasteiger partial charge in [0.1, 0.15) is 17.1 Å². The minimum absolute atomic E-state index is 0.0705. The van der Waals surface area contributed by atoms with E-state index in [1.165, 1.54) is 19.4 Å². The van der Waals surface area contributed by atoms with E-state index in [2.05, 4.69) is 42.1 Å². The molecule has 0 saturated carbocycles. The Morgan fingerprint density at radius 2 is 1.90 bits per heavy atom. The van der Waals surface area contributed by atoms with Crippen molar-refractivity contribution in [3.63, 3.8) is 0 Å². The Bertz CT molecular complexity index is 664. The van der Waals surface area contributed by atoms with Crippen LogP contribution in [0.4, 0.5) is 0 Å². The van der Waals surface area contributed by atoms with Gasteiger partial charge in [-0.15, -0.1) is 5.10 Å². The van der Waals surface area contributed by atoms with Crippen molar-refractivity contribution < 1.29 is 19.4 Å². The number of ether oxygens (including phenoxy) is 2. The van der Waals surface area contributed by atoms with Crippen molar-refractivity contribution in [1.82, 2.24) is 10.2 Å². The molecule has 0 aliphatic heterocycles.